The highest BCUT2D eigenvalue weighted by Gasteiger charge is 2.24. The number of rotatable bonds is 7. The maximum atomic E-state index is 12.5. The minimum atomic E-state index is -0.147. The molecule has 0 bridgehead atoms. The van der Waals surface area contributed by atoms with Gasteiger partial charge in [0.1, 0.15) is 0 Å². The Morgan fingerprint density at radius 2 is 1.51 bits per heavy atom. The summed E-state index contributed by atoms with van der Waals surface area (Å²) < 4.78 is 0. The monoisotopic (exact) mass is 462 g/mol. The highest BCUT2D eigenvalue weighted by atomic mass is 16.1. The first-order chi connectivity index (χ1) is 17.3. The summed E-state index contributed by atoms with van der Waals surface area (Å²) in [5.74, 6) is -0.147. The number of anilines is 2. The third-order valence-corrected chi connectivity index (χ3v) is 6.56. The number of hydrogen-bond donors (Lipinski definition) is 2. The van der Waals surface area contributed by atoms with Crippen LogP contribution in [-0.2, 0) is 0 Å². The van der Waals surface area contributed by atoms with Gasteiger partial charge in [0.05, 0.1) is 11.6 Å². The largest absolute Gasteiger partial charge is 0.371 e. The topological polar surface area (TPSA) is 57.3 Å². The average Bonchev–Trinajstić information content (AvgIpc) is 2.94. The van der Waals surface area contributed by atoms with Gasteiger partial charge in [0, 0.05) is 42.9 Å². The second kappa shape index (κ2) is 11.0. The molecule has 0 atom stereocenters. The van der Waals surface area contributed by atoms with Crippen LogP contribution in [0.25, 0.3) is 0 Å². The van der Waals surface area contributed by atoms with E-state index in [0.717, 1.165) is 37.3 Å². The molecule has 1 fully saturated rings. The van der Waals surface area contributed by atoms with E-state index in [4.69, 9.17) is 0 Å². The minimum Gasteiger partial charge on any atom is -0.371 e. The van der Waals surface area contributed by atoms with Crippen molar-refractivity contribution in [3.05, 3.63) is 126 Å². The Labute approximate surface area is 206 Å². The van der Waals surface area contributed by atoms with Crippen LogP contribution in [0.2, 0.25) is 0 Å². The zero-order valence-corrected chi connectivity index (χ0v) is 19.7. The van der Waals surface area contributed by atoms with Gasteiger partial charge in [-0.05, 0) is 54.3 Å². The molecule has 2 N–H and O–H groups in total. The molecular weight excluding hydrogens is 432 g/mol. The van der Waals surface area contributed by atoms with Crippen LogP contribution in [-0.4, -0.2) is 30.0 Å². The van der Waals surface area contributed by atoms with Crippen molar-refractivity contribution in [3.63, 3.8) is 0 Å². The van der Waals surface area contributed by atoms with Gasteiger partial charge in [-0.1, -0.05) is 66.7 Å². The van der Waals surface area contributed by atoms with Gasteiger partial charge in [-0.3, -0.25) is 9.78 Å². The number of hydrogen-bond acceptors (Lipinski definition) is 4. The van der Waals surface area contributed by atoms with Gasteiger partial charge in [0.15, 0.2) is 0 Å². The number of carbonyl (C=O) groups excluding carboxylic acids is 1. The Kier molecular flexibility index (Phi) is 7.16. The van der Waals surface area contributed by atoms with Crippen LogP contribution < -0.4 is 15.5 Å². The number of nitrogens with zero attached hydrogens (tertiary/aromatic N) is 2. The SMILES string of the molecule is O=C(Nc1cccc(N2CCC(NC(c3ccccc3)c3ccccc3)CC2)c1)c1cccnc1. The van der Waals surface area contributed by atoms with E-state index in [1.165, 1.54) is 11.1 Å². The fourth-order valence-electron chi connectivity index (χ4n) is 4.70. The lowest BCUT2D eigenvalue weighted by Gasteiger charge is -2.36. The maximum absolute atomic E-state index is 12.5. The number of piperidine rings is 1. The van der Waals surface area contributed by atoms with Gasteiger partial charge in [-0.2, -0.15) is 0 Å². The first-order valence-corrected chi connectivity index (χ1v) is 12.2. The maximum Gasteiger partial charge on any atom is 0.257 e. The third-order valence-electron chi connectivity index (χ3n) is 6.56. The van der Waals surface area contributed by atoms with E-state index in [1.807, 2.05) is 12.1 Å². The lowest BCUT2D eigenvalue weighted by molar-refractivity contribution is 0.102. The molecule has 5 heteroatoms. The molecule has 0 saturated carbocycles. The highest BCUT2D eigenvalue weighted by molar-refractivity contribution is 6.04. The zero-order chi connectivity index (χ0) is 23.9. The average molecular weight is 463 g/mol. The van der Waals surface area contributed by atoms with Gasteiger partial charge in [0.2, 0.25) is 0 Å². The third kappa shape index (κ3) is 5.76. The Bertz CT molecular complexity index is 1180. The standard InChI is InChI=1S/C30H30N4O/c35-30(25-13-8-18-31-22-25)33-27-14-7-15-28(21-27)34-19-16-26(17-20-34)32-29(23-9-3-1-4-10-23)24-11-5-2-6-12-24/h1-15,18,21-22,26,29,32H,16-17,19-20H2,(H,33,35). The molecule has 0 spiro atoms. The van der Waals surface area contributed by atoms with Gasteiger partial charge in [0.25, 0.3) is 5.91 Å². The molecule has 1 aliphatic rings. The lowest BCUT2D eigenvalue weighted by Crippen LogP contribution is -2.44. The zero-order valence-electron chi connectivity index (χ0n) is 19.7. The summed E-state index contributed by atoms with van der Waals surface area (Å²) in [4.78, 5) is 18.9. The van der Waals surface area contributed by atoms with Crippen molar-refractivity contribution in [2.24, 2.45) is 0 Å². The van der Waals surface area contributed by atoms with Gasteiger partial charge in [-0.25, -0.2) is 0 Å². The predicted octanol–water partition coefficient (Wildman–Crippen LogP) is 5.68. The van der Waals surface area contributed by atoms with Crippen LogP contribution in [0.4, 0.5) is 11.4 Å². The fraction of sp³-hybridized carbons (Fsp3) is 0.200. The Balaban J connectivity index is 1.22. The lowest BCUT2D eigenvalue weighted by atomic mass is 9.95. The van der Waals surface area contributed by atoms with Crippen molar-refractivity contribution < 1.29 is 4.79 Å². The molecule has 3 aromatic carbocycles. The molecule has 5 rings (SSSR count). The van der Waals surface area contributed by atoms with Gasteiger partial charge < -0.3 is 15.5 Å². The Morgan fingerprint density at radius 1 is 0.829 bits per heavy atom. The Hall–Kier alpha value is -3.96. The summed E-state index contributed by atoms with van der Waals surface area (Å²) in [6.07, 6.45) is 5.36. The van der Waals surface area contributed by atoms with E-state index in [1.54, 1.807) is 24.5 Å². The number of aromatic nitrogens is 1. The summed E-state index contributed by atoms with van der Waals surface area (Å²) in [5, 5.41) is 6.92. The van der Waals surface area contributed by atoms with E-state index in [2.05, 4.69) is 93.3 Å². The second-order valence-electron chi connectivity index (χ2n) is 8.93. The Morgan fingerprint density at radius 3 is 2.14 bits per heavy atom. The van der Waals surface area contributed by atoms with E-state index >= 15 is 0 Å². The molecule has 1 amide bonds. The number of nitrogens with one attached hydrogen (secondary N) is 2. The molecule has 0 unspecified atom stereocenters. The van der Waals surface area contributed by atoms with Crippen molar-refractivity contribution in [1.29, 1.82) is 0 Å². The van der Waals surface area contributed by atoms with Crippen LogP contribution in [0.3, 0.4) is 0 Å². The molecule has 1 aliphatic heterocycles. The summed E-state index contributed by atoms with van der Waals surface area (Å²) in [6, 6.07) is 33.6. The van der Waals surface area contributed by atoms with Gasteiger partial charge >= 0.3 is 0 Å². The molecule has 4 aromatic rings. The summed E-state index contributed by atoms with van der Waals surface area (Å²) in [5.41, 5.74) is 5.06. The highest BCUT2D eigenvalue weighted by Crippen LogP contribution is 2.27. The molecule has 0 aliphatic carbocycles. The first-order valence-electron chi connectivity index (χ1n) is 12.2. The van der Waals surface area contributed by atoms with Gasteiger partial charge in [-0.15, -0.1) is 0 Å². The fourth-order valence-corrected chi connectivity index (χ4v) is 4.70. The number of carbonyl (C=O) groups is 1. The molecule has 1 aromatic heterocycles. The molecule has 2 heterocycles. The van der Waals surface area contributed by atoms with Crippen molar-refractivity contribution in [1.82, 2.24) is 10.3 Å². The summed E-state index contributed by atoms with van der Waals surface area (Å²) in [6.45, 7) is 1.93. The summed E-state index contributed by atoms with van der Waals surface area (Å²) in [7, 11) is 0. The molecule has 35 heavy (non-hydrogen) atoms. The minimum absolute atomic E-state index is 0.147. The molecule has 0 radical (unpaired) electrons. The second-order valence-corrected chi connectivity index (χ2v) is 8.93. The molecule has 5 nitrogen and oxygen atoms in total. The van der Waals surface area contributed by atoms with E-state index in [-0.39, 0.29) is 11.9 Å². The van der Waals surface area contributed by atoms with Crippen LogP contribution in [0.1, 0.15) is 40.4 Å². The van der Waals surface area contributed by atoms with Crippen molar-refractivity contribution in [2.75, 3.05) is 23.3 Å². The molecular formula is C30H30N4O. The number of benzene rings is 3. The first kappa shape index (κ1) is 22.8. The van der Waals surface area contributed by atoms with E-state index in [0.29, 0.717) is 11.6 Å². The van der Waals surface area contributed by atoms with Crippen LogP contribution in [0.15, 0.2) is 109 Å². The number of amides is 1. The molecule has 176 valence electrons. The number of pyridine rings is 1. The quantitative estimate of drug-likeness (QED) is 0.371. The van der Waals surface area contributed by atoms with Crippen molar-refractivity contribution in [3.8, 4) is 0 Å². The smallest absolute Gasteiger partial charge is 0.257 e. The normalized spacial score (nSPS) is 14.1. The van der Waals surface area contributed by atoms with Crippen molar-refractivity contribution >= 4 is 17.3 Å². The van der Waals surface area contributed by atoms with Crippen LogP contribution >= 0.6 is 0 Å². The van der Waals surface area contributed by atoms with Crippen molar-refractivity contribution in [2.45, 2.75) is 24.9 Å². The predicted molar refractivity (Wildman–Crippen MR) is 142 cm³/mol. The van der Waals surface area contributed by atoms with E-state index < -0.39 is 0 Å². The van der Waals surface area contributed by atoms with Crippen LogP contribution in [0.5, 0.6) is 0 Å². The van der Waals surface area contributed by atoms with Crippen LogP contribution in [0, 0.1) is 0 Å². The summed E-state index contributed by atoms with van der Waals surface area (Å²) >= 11 is 0. The molecule has 1 saturated heterocycles. The van der Waals surface area contributed by atoms with E-state index in [9.17, 15) is 4.79 Å².